The highest BCUT2D eigenvalue weighted by atomic mass is 16.3. The van der Waals surface area contributed by atoms with Crippen LogP contribution in [0.2, 0.25) is 0 Å². The molecule has 11 rings (SSSR count). The number of aliphatic imine (C=N–C) groups is 1. The van der Waals surface area contributed by atoms with Crippen LogP contribution in [-0.4, -0.2) is 49.0 Å². The van der Waals surface area contributed by atoms with Crippen molar-refractivity contribution < 1.29 is 19.5 Å². The van der Waals surface area contributed by atoms with Crippen LogP contribution in [0.15, 0.2) is 125 Å². The molecule has 0 radical (unpaired) electrons. The highest BCUT2D eigenvalue weighted by molar-refractivity contribution is 6.56. The van der Waals surface area contributed by atoms with Crippen LogP contribution in [0.1, 0.15) is 52.3 Å². The molecule has 0 saturated carbocycles. The Balaban J connectivity index is 0.000000171. The molecule has 2 aromatic heterocycles. The summed E-state index contributed by atoms with van der Waals surface area (Å²) in [6.07, 6.45) is 0. The zero-order valence-corrected chi connectivity index (χ0v) is 32.1. The Bertz CT molecular complexity index is 3030. The first-order valence-electron chi connectivity index (χ1n) is 19.4. The highest BCUT2D eigenvalue weighted by Gasteiger charge is 2.70. The number of para-hydroxylation sites is 4. The number of amides is 2. The quantitative estimate of drug-likeness (QED) is 0.161. The molecule has 0 bridgehead atoms. The normalized spacial score (nSPS) is 21.4. The van der Waals surface area contributed by atoms with Gasteiger partial charge in [0.25, 0.3) is 5.56 Å². The molecule has 2 amide bonds. The Hall–Kier alpha value is -6.98. The first kappa shape index (κ1) is 35.4. The Morgan fingerprint density at radius 3 is 2.26 bits per heavy atom. The van der Waals surface area contributed by atoms with Crippen LogP contribution in [0.5, 0.6) is 5.88 Å². The topological polar surface area (TPSA) is 150 Å². The monoisotopic (exact) mass is 766 g/mol. The van der Waals surface area contributed by atoms with Crippen LogP contribution < -0.4 is 15.8 Å². The fraction of sp³-hybridized carbons (Fsp3) is 0.191. The lowest BCUT2D eigenvalue weighted by molar-refractivity contribution is -0.123. The number of aromatic nitrogens is 3. The van der Waals surface area contributed by atoms with E-state index in [1.54, 1.807) is 22.8 Å². The van der Waals surface area contributed by atoms with E-state index in [0.29, 0.717) is 50.6 Å². The molecule has 1 spiro atoms. The van der Waals surface area contributed by atoms with Crippen molar-refractivity contribution >= 4 is 56.5 Å². The summed E-state index contributed by atoms with van der Waals surface area (Å²) in [4.78, 5) is 68.6. The maximum atomic E-state index is 14.5. The van der Waals surface area contributed by atoms with Crippen molar-refractivity contribution in [2.45, 2.75) is 39.3 Å². The van der Waals surface area contributed by atoms with Crippen molar-refractivity contribution in [3.63, 3.8) is 0 Å². The molecule has 2 fully saturated rings. The molecular weight excluding hydrogens is 729 g/mol. The number of anilines is 1. The molecule has 7 aromatic rings. The summed E-state index contributed by atoms with van der Waals surface area (Å²) >= 11 is 0. The molecule has 58 heavy (non-hydrogen) atoms. The van der Waals surface area contributed by atoms with E-state index in [0.717, 1.165) is 27.6 Å². The van der Waals surface area contributed by atoms with Gasteiger partial charge in [-0.05, 0) is 67.8 Å². The number of carbonyl (C=O) groups is 3. The van der Waals surface area contributed by atoms with E-state index in [1.807, 2.05) is 111 Å². The van der Waals surface area contributed by atoms with Gasteiger partial charge in [0.05, 0.1) is 45.4 Å². The number of fused-ring (bicyclic) bond motifs is 10. The molecular formula is C47H38N6O5. The molecule has 4 atom stereocenters. The second kappa shape index (κ2) is 12.8. The lowest BCUT2D eigenvalue weighted by atomic mass is 9.75. The van der Waals surface area contributed by atoms with Crippen LogP contribution >= 0.6 is 0 Å². The van der Waals surface area contributed by atoms with Crippen molar-refractivity contribution in [3.05, 3.63) is 159 Å². The van der Waals surface area contributed by atoms with Crippen molar-refractivity contribution in [1.82, 2.24) is 19.9 Å². The van der Waals surface area contributed by atoms with Gasteiger partial charge in [-0.15, -0.1) is 0 Å². The van der Waals surface area contributed by atoms with Gasteiger partial charge in [0, 0.05) is 28.1 Å². The van der Waals surface area contributed by atoms with Crippen LogP contribution in [0, 0.1) is 31.6 Å². The fourth-order valence-corrected chi connectivity index (χ4v) is 9.62. The third-order valence-electron chi connectivity index (χ3n) is 12.1. The number of Topliss-reactive ketones (excluding diaryl/α,β-unsaturated/α-hetero) is 1. The van der Waals surface area contributed by atoms with E-state index in [9.17, 15) is 24.3 Å². The second-order valence-corrected chi connectivity index (χ2v) is 15.8. The number of hydrogen-bond donors (Lipinski definition) is 3. The average molecular weight is 767 g/mol. The standard InChI is InChI=1S/C31H28N4O3.C16H10N2O2/c1-16(2)26-24-25(29(38)34(28(24)37)22-14-13-17(3)15-18(22)4)31(33-26)20-10-6-8-12-23(20)35-27(36)19-9-5-7-11-21(19)32-30(31)35;19-15-10-6-2-4-8-12(10)17-14(15)13-9-5-1-3-7-11(9)18-16(13)20/h5-16,24-26,33H,1-4H3;1-8,18,20H/t24-,25-,26?,31?;/m1./s1. The van der Waals surface area contributed by atoms with Gasteiger partial charge in [0.2, 0.25) is 17.6 Å². The first-order chi connectivity index (χ1) is 28.0. The molecule has 2 saturated heterocycles. The summed E-state index contributed by atoms with van der Waals surface area (Å²) in [5.74, 6) is -1.43. The maximum absolute atomic E-state index is 14.5. The number of aromatic amines is 1. The summed E-state index contributed by atoms with van der Waals surface area (Å²) in [6.45, 7) is 8.05. The average Bonchev–Trinajstić information content (AvgIpc) is 3.98. The molecule has 11 nitrogen and oxygen atoms in total. The molecule has 4 aliphatic heterocycles. The van der Waals surface area contributed by atoms with Crippen molar-refractivity contribution in [2.75, 3.05) is 4.90 Å². The molecule has 2 unspecified atom stereocenters. The lowest BCUT2D eigenvalue weighted by Crippen LogP contribution is -2.51. The maximum Gasteiger partial charge on any atom is 0.266 e. The van der Waals surface area contributed by atoms with Gasteiger partial charge in [-0.3, -0.25) is 29.1 Å². The van der Waals surface area contributed by atoms with Gasteiger partial charge in [0.15, 0.2) is 5.88 Å². The Kier molecular flexibility index (Phi) is 7.80. The van der Waals surface area contributed by atoms with Gasteiger partial charge in [0.1, 0.15) is 17.1 Å². The number of carbonyl (C=O) groups excluding carboxylic acids is 3. The number of hydrogen-bond acceptors (Lipinski definition) is 8. The van der Waals surface area contributed by atoms with Gasteiger partial charge < -0.3 is 10.1 Å². The Morgan fingerprint density at radius 2 is 1.48 bits per heavy atom. The third-order valence-corrected chi connectivity index (χ3v) is 12.1. The molecule has 5 aromatic carbocycles. The van der Waals surface area contributed by atoms with Crippen molar-refractivity contribution in [2.24, 2.45) is 22.7 Å². The Labute approximate surface area is 332 Å². The van der Waals surface area contributed by atoms with Gasteiger partial charge in [-0.2, -0.15) is 0 Å². The highest BCUT2D eigenvalue weighted by Crippen LogP contribution is 2.56. The predicted molar refractivity (Wildman–Crippen MR) is 222 cm³/mol. The number of aromatic hydroxyl groups is 1. The first-order valence-corrected chi connectivity index (χ1v) is 19.4. The SMILES string of the molecule is Cc1ccc(N2C(=O)[C@H]3C(C(C)C)NC4(c5ccccc5-n5c4nc4ccccc4c5=O)[C@H]3C2=O)c(C)c1.O=C1C(c2c(O)[nH]c3ccccc23)=Nc2ccccc21. The minimum absolute atomic E-state index is 0.0221. The number of imide groups is 1. The molecule has 286 valence electrons. The van der Waals surface area contributed by atoms with Gasteiger partial charge in [-0.25, -0.2) is 14.9 Å². The van der Waals surface area contributed by atoms with E-state index in [-0.39, 0.29) is 41.0 Å². The van der Waals surface area contributed by atoms with Gasteiger partial charge >= 0.3 is 0 Å². The van der Waals surface area contributed by atoms with E-state index in [4.69, 9.17) is 4.98 Å². The van der Waals surface area contributed by atoms with Crippen LogP contribution in [0.3, 0.4) is 0 Å². The lowest BCUT2D eigenvalue weighted by Gasteiger charge is -2.32. The largest absolute Gasteiger partial charge is 0.494 e. The summed E-state index contributed by atoms with van der Waals surface area (Å²) < 4.78 is 1.64. The number of nitrogens with zero attached hydrogens (tertiary/aromatic N) is 4. The number of ketones is 1. The summed E-state index contributed by atoms with van der Waals surface area (Å²) in [5, 5.41) is 15.2. The fourth-order valence-electron chi connectivity index (χ4n) is 9.62. The van der Waals surface area contributed by atoms with Crippen LogP contribution in [-0.2, 0) is 15.1 Å². The zero-order chi connectivity index (χ0) is 40.2. The van der Waals surface area contributed by atoms with E-state index < -0.39 is 17.4 Å². The van der Waals surface area contributed by atoms with Crippen LogP contribution in [0.4, 0.5) is 11.4 Å². The summed E-state index contributed by atoms with van der Waals surface area (Å²) in [6, 6.07) is 35.1. The molecule has 11 heteroatoms. The van der Waals surface area contributed by atoms with Crippen LogP contribution in [0.25, 0.3) is 27.5 Å². The van der Waals surface area contributed by atoms with E-state index in [2.05, 4.69) is 29.1 Å². The number of nitrogens with one attached hydrogen (secondary N) is 2. The Morgan fingerprint density at radius 1 is 0.776 bits per heavy atom. The number of rotatable bonds is 3. The number of H-pyrrole nitrogens is 1. The van der Waals surface area contributed by atoms with Gasteiger partial charge in [-0.1, -0.05) is 92.2 Å². The molecule has 6 heterocycles. The predicted octanol–water partition coefficient (Wildman–Crippen LogP) is 7.18. The molecule has 0 aliphatic carbocycles. The second-order valence-electron chi connectivity index (χ2n) is 15.8. The minimum Gasteiger partial charge on any atom is -0.494 e. The zero-order valence-electron chi connectivity index (χ0n) is 32.1. The third kappa shape index (κ3) is 4.83. The summed E-state index contributed by atoms with van der Waals surface area (Å²) in [5.41, 5.74) is 6.13. The molecule has 4 aliphatic rings. The van der Waals surface area contributed by atoms with E-state index >= 15 is 0 Å². The number of benzene rings is 5. The molecule has 3 N–H and O–H groups in total. The van der Waals surface area contributed by atoms with Crippen molar-refractivity contribution in [1.29, 1.82) is 0 Å². The summed E-state index contributed by atoms with van der Waals surface area (Å²) in [7, 11) is 0. The van der Waals surface area contributed by atoms with E-state index in [1.165, 1.54) is 4.90 Å². The number of aryl methyl sites for hydroxylation is 2. The van der Waals surface area contributed by atoms with Crippen molar-refractivity contribution in [3.8, 4) is 11.6 Å². The smallest absolute Gasteiger partial charge is 0.266 e. The minimum atomic E-state index is -1.11.